The van der Waals surface area contributed by atoms with Crippen LogP contribution in [0.5, 0.6) is 0 Å². The normalized spacial score (nSPS) is 10.7. The maximum absolute atomic E-state index is 12.2. The van der Waals surface area contributed by atoms with Gasteiger partial charge in [0.1, 0.15) is 11.2 Å². The number of carbonyl (C=O) groups is 1. The largest absolute Gasteiger partial charge is 0.282 e. The maximum Gasteiger partial charge on any atom is 0.282 e. The first-order chi connectivity index (χ1) is 9.66. The molecule has 100 valence electrons. The minimum Gasteiger partial charge on any atom is -0.267 e. The summed E-state index contributed by atoms with van der Waals surface area (Å²) in [5.41, 5.74) is 5.02. The number of benzene rings is 1. The monoisotopic (exact) mass is 286 g/mol. The van der Waals surface area contributed by atoms with Gasteiger partial charge in [0.15, 0.2) is 0 Å². The van der Waals surface area contributed by atoms with E-state index in [1.165, 1.54) is 17.7 Å². The van der Waals surface area contributed by atoms with Crippen molar-refractivity contribution in [2.75, 3.05) is 5.43 Å². The van der Waals surface area contributed by atoms with Crippen LogP contribution in [-0.2, 0) is 0 Å². The lowest BCUT2D eigenvalue weighted by atomic mass is 10.2. The summed E-state index contributed by atoms with van der Waals surface area (Å²) < 4.78 is 1.09. The molecule has 0 saturated carbocycles. The lowest BCUT2D eigenvalue weighted by Gasteiger charge is -2.07. The van der Waals surface area contributed by atoms with Gasteiger partial charge >= 0.3 is 0 Å². The van der Waals surface area contributed by atoms with Crippen molar-refractivity contribution in [3.8, 4) is 0 Å². The van der Waals surface area contributed by atoms with Crippen LogP contribution < -0.4 is 11.0 Å². The first kappa shape index (κ1) is 12.5. The summed E-state index contributed by atoms with van der Waals surface area (Å²) in [5.74, 6) is -0.371. The van der Waals surface area contributed by atoms with E-state index in [4.69, 9.17) is 0 Å². The van der Waals surface area contributed by atoms with E-state index >= 15 is 0 Å². The van der Waals surface area contributed by atoms with Crippen LogP contribution in [-0.4, -0.2) is 20.6 Å². The SMILES string of the molecule is Cc1ncsc1C(=O)Nn1cnc2ccccc2c1=O. The smallest absolute Gasteiger partial charge is 0.267 e. The zero-order valence-electron chi connectivity index (χ0n) is 10.5. The average molecular weight is 286 g/mol. The van der Waals surface area contributed by atoms with Crippen LogP contribution in [0.15, 0.2) is 40.9 Å². The number of fused-ring (bicyclic) bond motifs is 1. The second-order valence-electron chi connectivity index (χ2n) is 4.14. The Morgan fingerprint density at radius 3 is 2.85 bits per heavy atom. The van der Waals surface area contributed by atoms with Gasteiger partial charge in [0.25, 0.3) is 11.5 Å². The summed E-state index contributed by atoms with van der Waals surface area (Å²) in [6.07, 6.45) is 1.30. The summed E-state index contributed by atoms with van der Waals surface area (Å²) in [6.45, 7) is 1.74. The summed E-state index contributed by atoms with van der Waals surface area (Å²) >= 11 is 1.23. The molecule has 7 heteroatoms. The number of para-hydroxylation sites is 1. The van der Waals surface area contributed by atoms with E-state index in [2.05, 4.69) is 15.4 Å². The molecule has 0 radical (unpaired) electrons. The molecule has 0 atom stereocenters. The number of hydrogen-bond donors (Lipinski definition) is 1. The minimum atomic E-state index is -0.371. The highest BCUT2D eigenvalue weighted by atomic mass is 32.1. The molecule has 3 aromatic rings. The molecule has 0 fully saturated rings. The Kier molecular flexibility index (Phi) is 3.03. The van der Waals surface area contributed by atoms with E-state index in [1.807, 2.05) is 0 Å². The predicted octanol–water partition coefficient (Wildman–Crippen LogP) is 1.55. The first-order valence-electron chi connectivity index (χ1n) is 5.84. The molecule has 1 aromatic carbocycles. The number of amides is 1. The number of rotatable bonds is 2. The molecule has 0 unspecified atom stereocenters. The second-order valence-corrected chi connectivity index (χ2v) is 5.00. The summed E-state index contributed by atoms with van der Waals surface area (Å²) in [6, 6.07) is 6.98. The van der Waals surface area contributed by atoms with Gasteiger partial charge in [0, 0.05) is 0 Å². The van der Waals surface area contributed by atoms with Crippen LogP contribution in [0.3, 0.4) is 0 Å². The van der Waals surface area contributed by atoms with Gasteiger partial charge in [-0.15, -0.1) is 11.3 Å². The van der Waals surface area contributed by atoms with Crippen LogP contribution in [0.25, 0.3) is 10.9 Å². The van der Waals surface area contributed by atoms with E-state index in [1.54, 1.807) is 36.7 Å². The molecular formula is C13H10N4O2S. The number of carbonyl (C=O) groups excluding carboxylic acids is 1. The number of thiazole rings is 1. The third-order valence-electron chi connectivity index (χ3n) is 2.84. The van der Waals surface area contributed by atoms with E-state index in [9.17, 15) is 9.59 Å². The molecule has 3 rings (SSSR count). The van der Waals surface area contributed by atoms with E-state index in [-0.39, 0.29) is 11.5 Å². The standard InChI is InChI=1S/C13H10N4O2S/c1-8-11(20-7-15-8)12(18)16-17-6-14-10-5-3-2-4-9(10)13(17)19/h2-7H,1H3,(H,16,18). The quantitative estimate of drug-likeness (QED) is 0.775. The molecule has 0 aliphatic carbocycles. The van der Waals surface area contributed by atoms with Gasteiger partial charge in [0.2, 0.25) is 0 Å². The number of hydrogen-bond acceptors (Lipinski definition) is 5. The highest BCUT2D eigenvalue weighted by molar-refractivity contribution is 7.12. The van der Waals surface area contributed by atoms with Crippen molar-refractivity contribution < 1.29 is 4.79 Å². The Labute approximate surface area is 117 Å². The molecule has 1 N–H and O–H groups in total. The maximum atomic E-state index is 12.2. The van der Waals surface area contributed by atoms with Crippen LogP contribution in [0.2, 0.25) is 0 Å². The Morgan fingerprint density at radius 2 is 2.10 bits per heavy atom. The van der Waals surface area contributed by atoms with Gasteiger partial charge < -0.3 is 0 Å². The lowest BCUT2D eigenvalue weighted by molar-refractivity contribution is 0.101. The Morgan fingerprint density at radius 1 is 1.30 bits per heavy atom. The first-order valence-corrected chi connectivity index (χ1v) is 6.72. The van der Waals surface area contributed by atoms with Crippen molar-refractivity contribution >= 4 is 28.1 Å². The predicted molar refractivity (Wildman–Crippen MR) is 76.5 cm³/mol. The molecule has 0 aliphatic heterocycles. The van der Waals surface area contributed by atoms with Crippen molar-refractivity contribution in [1.82, 2.24) is 14.6 Å². The Balaban J connectivity index is 2.00. The van der Waals surface area contributed by atoms with Crippen LogP contribution in [0.1, 0.15) is 15.4 Å². The van der Waals surface area contributed by atoms with Crippen molar-refractivity contribution in [3.05, 3.63) is 57.0 Å². The van der Waals surface area contributed by atoms with Crippen LogP contribution in [0.4, 0.5) is 0 Å². The van der Waals surface area contributed by atoms with Crippen molar-refractivity contribution in [2.24, 2.45) is 0 Å². The van der Waals surface area contributed by atoms with E-state index < -0.39 is 0 Å². The summed E-state index contributed by atoms with van der Waals surface area (Å²) in [7, 11) is 0. The highest BCUT2D eigenvalue weighted by Gasteiger charge is 2.13. The summed E-state index contributed by atoms with van der Waals surface area (Å²) in [4.78, 5) is 32.9. The molecule has 6 nitrogen and oxygen atoms in total. The molecule has 20 heavy (non-hydrogen) atoms. The van der Waals surface area contributed by atoms with Gasteiger partial charge in [-0.2, -0.15) is 0 Å². The van der Waals surface area contributed by atoms with E-state index in [0.717, 1.165) is 4.68 Å². The number of aryl methyl sites for hydroxylation is 1. The van der Waals surface area contributed by atoms with Gasteiger partial charge in [-0.3, -0.25) is 15.0 Å². The fraction of sp³-hybridized carbons (Fsp3) is 0.0769. The fourth-order valence-electron chi connectivity index (χ4n) is 1.83. The zero-order chi connectivity index (χ0) is 14.1. The van der Waals surface area contributed by atoms with Crippen LogP contribution >= 0.6 is 11.3 Å². The van der Waals surface area contributed by atoms with Crippen molar-refractivity contribution in [3.63, 3.8) is 0 Å². The molecule has 0 bridgehead atoms. The van der Waals surface area contributed by atoms with Crippen molar-refractivity contribution in [1.29, 1.82) is 0 Å². The average Bonchev–Trinajstić information content (AvgIpc) is 2.88. The van der Waals surface area contributed by atoms with Gasteiger partial charge in [-0.05, 0) is 19.1 Å². The summed E-state index contributed by atoms with van der Waals surface area (Å²) in [5, 5.41) is 0.455. The van der Waals surface area contributed by atoms with E-state index in [0.29, 0.717) is 21.5 Å². The lowest BCUT2D eigenvalue weighted by Crippen LogP contribution is -2.33. The van der Waals surface area contributed by atoms with Gasteiger partial charge in [-0.1, -0.05) is 12.1 Å². The van der Waals surface area contributed by atoms with Gasteiger partial charge in [-0.25, -0.2) is 14.6 Å². The highest BCUT2D eigenvalue weighted by Crippen LogP contribution is 2.12. The van der Waals surface area contributed by atoms with Gasteiger partial charge in [0.05, 0.1) is 22.1 Å². The molecule has 1 amide bonds. The number of nitrogens with zero attached hydrogens (tertiary/aromatic N) is 3. The third kappa shape index (κ3) is 2.08. The van der Waals surface area contributed by atoms with Crippen LogP contribution in [0, 0.1) is 6.92 Å². The molecule has 0 spiro atoms. The zero-order valence-corrected chi connectivity index (χ0v) is 11.3. The minimum absolute atomic E-state index is 0.314. The molecule has 2 aromatic heterocycles. The Hall–Kier alpha value is -2.54. The van der Waals surface area contributed by atoms with Crippen molar-refractivity contribution in [2.45, 2.75) is 6.92 Å². The molecule has 0 aliphatic rings. The third-order valence-corrected chi connectivity index (χ3v) is 3.77. The fourth-order valence-corrected chi connectivity index (χ4v) is 2.52. The topological polar surface area (TPSA) is 76.9 Å². The molecular weight excluding hydrogens is 276 g/mol. The molecule has 0 saturated heterocycles. The number of nitrogens with one attached hydrogen (secondary N) is 1. The Bertz CT molecular complexity index is 853. The number of aromatic nitrogens is 3. The second kappa shape index (κ2) is 4.86. The molecule has 2 heterocycles.